The standard InChI is InChI=1S/C20H24ClN3O3S2/c1-23(29(26,27)18-8-6-17(21)7-9-18)15-20(25)22-19-5-3-2-4-16(19)14-24-10-12-28-13-11-24/h2-9H,10-15H2,1H3,(H,22,25). The van der Waals surface area contributed by atoms with Gasteiger partial charge in [-0.15, -0.1) is 0 Å². The zero-order valence-electron chi connectivity index (χ0n) is 16.2. The lowest BCUT2D eigenvalue weighted by Crippen LogP contribution is -2.35. The van der Waals surface area contributed by atoms with E-state index >= 15 is 0 Å². The molecule has 1 N–H and O–H groups in total. The topological polar surface area (TPSA) is 69.7 Å². The van der Waals surface area contributed by atoms with Gasteiger partial charge in [-0.3, -0.25) is 9.69 Å². The Labute approximate surface area is 181 Å². The minimum absolute atomic E-state index is 0.0977. The molecule has 0 saturated carbocycles. The number of hydrogen-bond donors (Lipinski definition) is 1. The van der Waals surface area contributed by atoms with Crippen LogP contribution in [0.25, 0.3) is 0 Å². The van der Waals surface area contributed by atoms with Crippen molar-refractivity contribution < 1.29 is 13.2 Å². The van der Waals surface area contributed by atoms with Crippen molar-refractivity contribution in [2.75, 3.05) is 43.5 Å². The number of rotatable bonds is 7. The van der Waals surface area contributed by atoms with E-state index in [0.717, 1.165) is 41.0 Å². The van der Waals surface area contributed by atoms with E-state index in [1.165, 1.54) is 31.3 Å². The Bertz CT molecular complexity index is 946. The number of hydrogen-bond acceptors (Lipinski definition) is 5. The fourth-order valence-corrected chi connectivity index (χ4v) is 5.28. The van der Waals surface area contributed by atoms with Crippen LogP contribution in [0.5, 0.6) is 0 Å². The van der Waals surface area contributed by atoms with Crippen LogP contribution in [-0.2, 0) is 21.4 Å². The Morgan fingerprint density at radius 2 is 1.79 bits per heavy atom. The highest BCUT2D eigenvalue weighted by Crippen LogP contribution is 2.21. The molecule has 6 nitrogen and oxygen atoms in total. The van der Waals surface area contributed by atoms with Crippen molar-refractivity contribution in [3.05, 3.63) is 59.1 Å². The number of benzene rings is 2. The summed E-state index contributed by atoms with van der Waals surface area (Å²) in [5.74, 6) is 1.84. The number of amides is 1. The SMILES string of the molecule is CN(CC(=O)Nc1ccccc1CN1CCSCC1)S(=O)(=O)c1ccc(Cl)cc1. The Hall–Kier alpha value is -1.58. The first kappa shape index (κ1) is 22.1. The Balaban J connectivity index is 1.65. The largest absolute Gasteiger partial charge is 0.325 e. The van der Waals surface area contributed by atoms with Crippen LogP contribution in [-0.4, -0.2) is 61.7 Å². The van der Waals surface area contributed by atoms with Crippen LogP contribution in [0.3, 0.4) is 0 Å². The number of likely N-dealkylation sites (N-methyl/N-ethyl adjacent to an activating group) is 1. The van der Waals surface area contributed by atoms with Gasteiger partial charge in [0.1, 0.15) is 0 Å². The van der Waals surface area contributed by atoms with Gasteiger partial charge in [0.15, 0.2) is 0 Å². The lowest BCUT2D eigenvalue weighted by atomic mass is 10.1. The molecular weight excluding hydrogens is 430 g/mol. The van der Waals surface area contributed by atoms with Gasteiger partial charge in [0.25, 0.3) is 0 Å². The summed E-state index contributed by atoms with van der Waals surface area (Å²) in [4.78, 5) is 15.0. The third-order valence-electron chi connectivity index (χ3n) is 4.68. The van der Waals surface area contributed by atoms with Gasteiger partial charge in [-0.25, -0.2) is 8.42 Å². The molecule has 0 atom stereocenters. The number of carbonyl (C=O) groups excluding carboxylic acids is 1. The predicted octanol–water partition coefficient (Wildman–Crippen LogP) is 3.15. The summed E-state index contributed by atoms with van der Waals surface area (Å²) in [5.41, 5.74) is 1.74. The molecule has 1 saturated heterocycles. The van der Waals surface area contributed by atoms with Crippen molar-refractivity contribution in [1.82, 2.24) is 9.21 Å². The fraction of sp³-hybridized carbons (Fsp3) is 0.350. The molecule has 0 bridgehead atoms. The number of nitrogens with one attached hydrogen (secondary N) is 1. The second-order valence-electron chi connectivity index (χ2n) is 6.81. The van der Waals surface area contributed by atoms with Gasteiger partial charge in [-0.05, 0) is 35.9 Å². The van der Waals surface area contributed by atoms with Gasteiger partial charge in [0.2, 0.25) is 15.9 Å². The van der Waals surface area contributed by atoms with Gasteiger partial charge >= 0.3 is 0 Å². The monoisotopic (exact) mass is 453 g/mol. The molecule has 3 rings (SSSR count). The number of nitrogens with zero attached hydrogens (tertiary/aromatic N) is 2. The van der Waals surface area contributed by atoms with Crippen LogP contribution in [0.4, 0.5) is 5.69 Å². The predicted molar refractivity (Wildman–Crippen MR) is 119 cm³/mol. The first-order valence-electron chi connectivity index (χ1n) is 9.26. The van der Waals surface area contributed by atoms with Crippen LogP contribution in [0, 0.1) is 0 Å². The molecule has 0 aromatic heterocycles. The summed E-state index contributed by atoms with van der Waals surface area (Å²) in [6.45, 7) is 2.53. The third kappa shape index (κ3) is 5.96. The molecule has 156 valence electrons. The minimum Gasteiger partial charge on any atom is -0.325 e. The van der Waals surface area contributed by atoms with Crippen molar-refractivity contribution in [1.29, 1.82) is 0 Å². The van der Waals surface area contributed by atoms with E-state index in [1.54, 1.807) is 0 Å². The number of carbonyl (C=O) groups is 1. The van der Waals surface area contributed by atoms with Crippen molar-refractivity contribution in [3.63, 3.8) is 0 Å². The Morgan fingerprint density at radius 3 is 2.48 bits per heavy atom. The highest BCUT2D eigenvalue weighted by Gasteiger charge is 2.23. The van der Waals surface area contributed by atoms with Gasteiger partial charge in [0, 0.05) is 48.9 Å². The van der Waals surface area contributed by atoms with Crippen LogP contribution in [0.2, 0.25) is 5.02 Å². The van der Waals surface area contributed by atoms with Gasteiger partial charge < -0.3 is 5.32 Å². The molecule has 1 aliphatic rings. The van der Waals surface area contributed by atoms with E-state index in [4.69, 9.17) is 11.6 Å². The minimum atomic E-state index is -3.77. The molecule has 1 fully saturated rings. The quantitative estimate of drug-likeness (QED) is 0.697. The highest BCUT2D eigenvalue weighted by atomic mass is 35.5. The average molecular weight is 454 g/mol. The number of anilines is 1. The van der Waals surface area contributed by atoms with Crippen molar-refractivity contribution in [2.45, 2.75) is 11.4 Å². The molecule has 1 heterocycles. The van der Waals surface area contributed by atoms with E-state index in [1.807, 2.05) is 36.0 Å². The molecule has 29 heavy (non-hydrogen) atoms. The van der Waals surface area contributed by atoms with Crippen LogP contribution in [0.1, 0.15) is 5.56 Å². The van der Waals surface area contributed by atoms with Crippen molar-refractivity contribution in [3.8, 4) is 0 Å². The molecule has 2 aromatic carbocycles. The summed E-state index contributed by atoms with van der Waals surface area (Å²) < 4.78 is 26.3. The number of sulfonamides is 1. The van der Waals surface area contributed by atoms with Crippen molar-refractivity contribution >= 4 is 45.0 Å². The summed E-state index contributed by atoms with van der Waals surface area (Å²) in [5, 5.41) is 3.32. The molecular formula is C20H24ClN3O3S2. The van der Waals surface area contributed by atoms with Gasteiger partial charge in [-0.1, -0.05) is 29.8 Å². The normalized spacial score (nSPS) is 15.4. The first-order chi connectivity index (χ1) is 13.9. The second-order valence-corrected chi connectivity index (χ2v) is 10.5. The van der Waals surface area contributed by atoms with Crippen LogP contribution >= 0.6 is 23.4 Å². The maximum absolute atomic E-state index is 12.7. The summed E-state index contributed by atoms with van der Waals surface area (Å²) >= 11 is 7.77. The molecule has 9 heteroatoms. The van der Waals surface area contributed by atoms with E-state index in [-0.39, 0.29) is 17.3 Å². The summed E-state index contributed by atoms with van der Waals surface area (Å²) in [6.07, 6.45) is 0. The zero-order chi connectivity index (χ0) is 20.9. The average Bonchev–Trinajstić information content (AvgIpc) is 2.70. The molecule has 2 aromatic rings. The Morgan fingerprint density at radius 1 is 1.14 bits per heavy atom. The second kappa shape index (κ2) is 9.95. The third-order valence-corrected chi connectivity index (χ3v) is 7.69. The smallest absolute Gasteiger partial charge is 0.243 e. The van der Waals surface area contributed by atoms with E-state index in [9.17, 15) is 13.2 Å². The lowest BCUT2D eigenvalue weighted by molar-refractivity contribution is -0.116. The van der Waals surface area contributed by atoms with E-state index < -0.39 is 10.0 Å². The molecule has 0 spiro atoms. The number of thioether (sulfide) groups is 1. The zero-order valence-corrected chi connectivity index (χ0v) is 18.6. The van der Waals surface area contributed by atoms with Gasteiger partial charge in [-0.2, -0.15) is 16.1 Å². The van der Waals surface area contributed by atoms with Crippen molar-refractivity contribution in [2.24, 2.45) is 0 Å². The summed E-state index contributed by atoms with van der Waals surface area (Å²) in [7, 11) is -2.38. The van der Waals surface area contributed by atoms with E-state index in [2.05, 4.69) is 10.2 Å². The van der Waals surface area contributed by atoms with Crippen LogP contribution in [0.15, 0.2) is 53.4 Å². The first-order valence-corrected chi connectivity index (χ1v) is 12.2. The molecule has 0 radical (unpaired) electrons. The molecule has 1 aliphatic heterocycles. The fourth-order valence-electron chi connectivity index (χ4n) is 3.04. The Kier molecular flexibility index (Phi) is 7.59. The van der Waals surface area contributed by atoms with Crippen LogP contribution < -0.4 is 5.32 Å². The molecule has 1 amide bonds. The van der Waals surface area contributed by atoms with E-state index in [0.29, 0.717) is 10.7 Å². The lowest BCUT2D eigenvalue weighted by Gasteiger charge is -2.27. The summed E-state index contributed by atoms with van der Waals surface area (Å²) in [6, 6.07) is 13.5. The number of para-hydroxylation sites is 1. The van der Waals surface area contributed by atoms with Gasteiger partial charge in [0.05, 0.1) is 11.4 Å². The maximum atomic E-state index is 12.7. The highest BCUT2D eigenvalue weighted by molar-refractivity contribution is 7.99. The molecule has 0 unspecified atom stereocenters. The number of halogens is 1. The maximum Gasteiger partial charge on any atom is 0.243 e. The molecule has 0 aliphatic carbocycles.